The Morgan fingerprint density at radius 1 is 1.46 bits per heavy atom. The zero-order valence-corrected chi connectivity index (χ0v) is 9.67. The summed E-state index contributed by atoms with van der Waals surface area (Å²) in [4.78, 5) is 11.7. The summed E-state index contributed by atoms with van der Waals surface area (Å²) >= 11 is 1.73. The van der Waals surface area contributed by atoms with Crippen LogP contribution in [-0.4, -0.2) is 49.1 Å². The molecule has 0 saturated heterocycles. The van der Waals surface area contributed by atoms with Crippen LogP contribution in [0.4, 0.5) is 4.79 Å². The lowest BCUT2D eigenvalue weighted by Crippen LogP contribution is -2.45. The van der Waals surface area contributed by atoms with Crippen LogP contribution < -0.4 is 0 Å². The van der Waals surface area contributed by atoms with Gasteiger partial charge >= 0.3 is 6.09 Å². The Labute approximate surface area is 90.5 Å². The Bertz CT molecular complexity index is 174. The first kappa shape index (κ1) is 12.9. The Hall–Kier alpha value is -0.0800. The van der Waals surface area contributed by atoms with Crippen LogP contribution in [0.3, 0.4) is 0 Å². The van der Waals surface area contributed by atoms with Crippen molar-refractivity contribution in [3.63, 3.8) is 0 Å². The molecular weight excluding hydrogens is 289 g/mol. The molecule has 3 unspecified atom stereocenters. The predicted molar refractivity (Wildman–Crippen MR) is 55.9 cm³/mol. The van der Waals surface area contributed by atoms with E-state index in [2.05, 4.69) is 0 Å². The van der Waals surface area contributed by atoms with Crippen molar-refractivity contribution in [1.82, 2.24) is 4.90 Å². The molecule has 0 saturated carbocycles. The smallest absolute Gasteiger partial charge is 0.407 e. The van der Waals surface area contributed by atoms with Gasteiger partial charge in [-0.3, -0.25) is 4.90 Å². The summed E-state index contributed by atoms with van der Waals surface area (Å²) in [5.41, 5.74) is 0. The number of aliphatic hydroxyl groups is 2. The van der Waals surface area contributed by atoms with Gasteiger partial charge in [0, 0.05) is 0 Å². The van der Waals surface area contributed by atoms with Crippen LogP contribution in [0.15, 0.2) is 0 Å². The highest BCUT2D eigenvalue weighted by molar-refractivity contribution is 14.1. The van der Waals surface area contributed by atoms with E-state index in [0.29, 0.717) is 0 Å². The Kier molecular flexibility index (Phi) is 5.57. The summed E-state index contributed by atoms with van der Waals surface area (Å²) in [7, 11) is 0. The van der Waals surface area contributed by atoms with E-state index in [1.165, 1.54) is 6.92 Å². The van der Waals surface area contributed by atoms with E-state index in [0.717, 1.165) is 4.90 Å². The van der Waals surface area contributed by atoms with Crippen molar-refractivity contribution in [2.24, 2.45) is 0 Å². The van der Waals surface area contributed by atoms with Crippen molar-refractivity contribution in [3.8, 4) is 0 Å². The second kappa shape index (κ2) is 5.61. The summed E-state index contributed by atoms with van der Waals surface area (Å²) in [6.45, 7) is 3.10. The third-order valence-corrected chi connectivity index (χ3v) is 2.64. The van der Waals surface area contributed by atoms with Gasteiger partial charge in [-0.25, -0.2) is 4.79 Å². The van der Waals surface area contributed by atoms with E-state index in [9.17, 15) is 4.79 Å². The van der Waals surface area contributed by atoms with Crippen molar-refractivity contribution in [2.45, 2.75) is 30.1 Å². The first-order valence-corrected chi connectivity index (χ1v) is 5.10. The number of hydrogen-bond donors (Lipinski definition) is 3. The van der Waals surface area contributed by atoms with Gasteiger partial charge in [0.1, 0.15) is 4.11 Å². The normalized spacial score (nSPS) is 17.6. The fourth-order valence-electron chi connectivity index (χ4n) is 0.852. The van der Waals surface area contributed by atoms with Crippen LogP contribution in [0.5, 0.6) is 0 Å². The highest BCUT2D eigenvalue weighted by Crippen LogP contribution is 2.11. The average Bonchev–Trinajstić information content (AvgIpc) is 1.97. The van der Waals surface area contributed by atoms with Crippen molar-refractivity contribution in [1.29, 1.82) is 0 Å². The minimum absolute atomic E-state index is 0.0105. The molecule has 0 heterocycles. The molecule has 0 aliphatic heterocycles. The maximum atomic E-state index is 10.7. The molecule has 0 aromatic heterocycles. The maximum absolute atomic E-state index is 10.7. The fraction of sp³-hybridized carbons (Fsp3) is 0.857. The SMILES string of the molecule is CC(O)CN(C(=O)O)C(C)C(O)I. The summed E-state index contributed by atoms with van der Waals surface area (Å²) in [6, 6.07) is -0.521. The number of aliphatic hydroxyl groups excluding tert-OH is 2. The number of rotatable bonds is 4. The fourth-order valence-corrected chi connectivity index (χ4v) is 1.24. The minimum atomic E-state index is -1.14. The summed E-state index contributed by atoms with van der Waals surface area (Å²) in [5.74, 6) is 0. The zero-order valence-electron chi connectivity index (χ0n) is 7.51. The third-order valence-electron chi connectivity index (χ3n) is 1.60. The lowest BCUT2D eigenvalue weighted by atomic mass is 10.3. The topological polar surface area (TPSA) is 81.0 Å². The first-order valence-electron chi connectivity index (χ1n) is 3.86. The van der Waals surface area contributed by atoms with Crippen LogP contribution in [-0.2, 0) is 0 Å². The van der Waals surface area contributed by atoms with Crippen molar-refractivity contribution >= 4 is 28.7 Å². The number of hydrogen-bond acceptors (Lipinski definition) is 3. The van der Waals surface area contributed by atoms with Crippen LogP contribution in [0.25, 0.3) is 0 Å². The van der Waals surface area contributed by atoms with Crippen molar-refractivity contribution in [2.75, 3.05) is 6.54 Å². The van der Waals surface area contributed by atoms with E-state index in [1.54, 1.807) is 29.5 Å². The van der Waals surface area contributed by atoms with Gasteiger partial charge in [0.25, 0.3) is 0 Å². The number of halogens is 1. The monoisotopic (exact) mass is 303 g/mol. The molecule has 6 heteroatoms. The van der Waals surface area contributed by atoms with Gasteiger partial charge in [0.15, 0.2) is 0 Å². The Balaban J connectivity index is 4.33. The maximum Gasteiger partial charge on any atom is 0.407 e. The van der Waals surface area contributed by atoms with Gasteiger partial charge < -0.3 is 15.3 Å². The Morgan fingerprint density at radius 2 is 1.92 bits per heavy atom. The summed E-state index contributed by atoms with van der Waals surface area (Å²) in [6.07, 6.45) is -1.86. The molecule has 0 radical (unpaired) electrons. The van der Waals surface area contributed by atoms with E-state index in [1.807, 2.05) is 0 Å². The minimum Gasteiger partial charge on any atom is -0.465 e. The molecule has 13 heavy (non-hydrogen) atoms. The first-order chi connectivity index (χ1) is 5.86. The van der Waals surface area contributed by atoms with Gasteiger partial charge in [-0.15, -0.1) is 0 Å². The molecule has 0 aromatic carbocycles. The zero-order chi connectivity index (χ0) is 10.6. The molecule has 0 rings (SSSR count). The quantitative estimate of drug-likeness (QED) is 0.521. The van der Waals surface area contributed by atoms with Gasteiger partial charge in [-0.2, -0.15) is 0 Å². The molecule has 0 bridgehead atoms. The van der Waals surface area contributed by atoms with Crippen LogP contribution in [0, 0.1) is 0 Å². The van der Waals surface area contributed by atoms with Crippen molar-refractivity contribution < 1.29 is 20.1 Å². The van der Waals surface area contributed by atoms with E-state index < -0.39 is 22.3 Å². The third kappa shape index (κ3) is 4.63. The predicted octanol–water partition coefficient (Wildman–Crippen LogP) is 0.489. The number of alkyl halides is 1. The number of carboxylic acid groups (broad SMARTS) is 1. The lowest BCUT2D eigenvalue weighted by molar-refractivity contribution is 0.0653. The highest BCUT2D eigenvalue weighted by Gasteiger charge is 2.24. The van der Waals surface area contributed by atoms with Crippen molar-refractivity contribution in [3.05, 3.63) is 0 Å². The molecule has 0 aliphatic rings. The van der Waals surface area contributed by atoms with Crippen LogP contribution in [0.2, 0.25) is 0 Å². The highest BCUT2D eigenvalue weighted by atomic mass is 127. The largest absolute Gasteiger partial charge is 0.465 e. The average molecular weight is 303 g/mol. The number of carbonyl (C=O) groups is 1. The van der Waals surface area contributed by atoms with Gasteiger partial charge in [0.05, 0.1) is 18.7 Å². The molecule has 0 aromatic rings. The van der Waals surface area contributed by atoms with Gasteiger partial charge in [-0.05, 0) is 36.4 Å². The van der Waals surface area contributed by atoms with E-state index in [4.69, 9.17) is 15.3 Å². The molecule has 0 fully saturated rings. The summed E-state index contributed by atoms with van der Waals surface area (Å²) < 4.78 is -0.771. The molecule has 78 valence electrons. The second-order valence-electron chi connectivity index (χ2n) is 2.90. The molecule has 1 amide bonds. The molecular formula is C7H14INO4. The molecule has 0 spiro atoms. The summed E-state index contributed by atoms with van der Waals surface area (Å²) in [5, 5.41) is 26.9. The van der Waals surface area contributed by atoms with Crippen LogP contribution in [0.1, 0.15) is 13.8 Å². The van der Waals surface area contributed by atoms with Gasteiger partial charge in [0.2, 0.25) is 0 Å². The number of nitrogens with zero attached hydrogens (tertiary/aromatic N) is 1. The second-order valence-corrected chi connectivity index (χ2v) is 4.17. The van der Waals surface area contributed by atoms with E-state index in [-0.39, 0.29) is 6.54 Å². The standard InChI is InChI=1S/C7H14INO4/c1-4(10)3-9(7(12)13)5(2)6(8)11/h4-6,10-11H,3H2,1-2H3,(H,12,13). The number of amides is 1. The molecule has 3 N–H and O–H groups in total. The molecule has 3 atom stereocenters. The van der Waals surface area contributed by atoms with E-state index >= 15 is 0 Å². The molecule has 0 aliphatic carbocycles. The Morgan fingerprint density at radius 3 is 2.15 bits per heavy atom. The molecule has 5 nitrogen and oxygen atoms in total. The lowest BCUT2D eigenvalue weighted by Gasteiger charge is -2.28. The van der Waals surface area contributed by atoms with Crippen LogP contribution >= 0.6 is 22.6 Å². The van der Waals surface area contributed by atoms with Gasteiger partial charge in [-0.1, -0.05) is 0 Å².